The Balaban J connectivity index is 2.15. The second-order valence-electron chi connectivity index (χ2n) is 4.70. The molecule has 0 spiro atoms. The zero-order valence-corrected chi connectivity index (χ0v) is 10.0. The first-order valence-corrected chi connectivity index (χ1v) is 5.98. The van der Waals surface area contributed by atoms with Crippen molar-refractivity contribution < 1.29 is 15.3 Å². The molecule has 17 heavy (non-hydrogen) atoms. The predicted molar refractivity (Wildman–Crippen MR) is 66.1 cm³/mol. The summed E-state index contributed by atoms with van der Waals surface area (Å²) in [6, 6.07) is 5.34. The van der Waals surface area contributed by atoms with Crippen LogP contribution in [-0.2, 0) is 0 Å². The van der Waals surface area contributed by atoms with Gasteiger partial charge in [0.15, 0.2) is 0 Å². The van der Waals surface area contributed by atoms with Crippen LogP contribution in [0.25, 0.3) is 0 Å². The maximum atomic E-state index is 9.81. The number of nitrogens with zero attached hydrogens (tertiary/aromatic N) is 1. The van der Waals surface area contributed by atoms with E-state index in [9.17, 15) is 10.2 Å². The first-order chi connectivity index (χ1) is 8.11. The number of phenolic OH excluding ortho intramolecular Hbond substituents is 1. The van der Waals surface area contributed by atoms with Crippen LogP contribution < -0.4 is 4.90 Å². The van der Waals surface area contributed by atoms with E-state index >= 15 is 0 Å². The van der Waals surface area contributed by atoms with Crippen molar-refractivity contribution in [2.45, 2.75) is 19.4 Å². The molecule has 1 heterocycles. The van der Waals surface area contributed by atoms with Crippen molar-refractivity contribution >= 4 is 5.69 Å². The third-order valence-electron chi connectivity index (χ3n) is 3.37. The fourth-order valence-electron chi connectivity index (χ4n) is 2.30. The van der Waals surface area contributed by atoms with Gasteiger partial charge < -0.3 is 20.2 Å². The van der Waals surface area contributed by atoms with Crippen molar-refractivity contribution in [3.63, 3.8) is 0 Å². The standard InChI is InChI=1S/C13H19NO3/c1-9(16)12-3-2-11(6-13(12)17)14-5-4-10(7-14)8-15/h2-3,6,9-10,15-17H,4-5,7-8H2,1H3. The molecule has 1 fully saturated rings. The molecular formula is C13H19NO3. The van der Waals surface area contributed by atoms with E-state index in [1.807, 2.05) is 6.07 Å². The molecule has 1 saturated heterocycles. The summed E-state index contributed by atoms with van der Waals surface area (Å²) in [7, 11) is 0. The highest BCUT2D eigenvalue weighted by molar-refractivity contribution is 5.54. The van der Waals surface area contributed by atoms with E-state index in [-0.39, 0.29) is 12.4 Å². The summed E-state index contributed by atoms with van der Waals surface area (Å²) in [5, 5.41) is 28.3. The van der Waals surface area contributed by atoms with Crippen LogP contribution in [0.4, 0.5) is 5.69 Å². The van der Waals surface area contributed by atoms with Gasteiger partial charge in [-0.05, 0) is 19.4 Å². The summed E-state index contributed by atoms with van der Waals surface area (Å²) in [6.45, 7) is 3.57. The molecule has 0 saturated carbocycles. The van der Waals surface area contributed by atoms with E-state index in [1.165, 1.54) is 0 Å². The van der Waals surface area contributed by atoms with Crippen molar-refractivity contribution in [2.24, 2.45) is 5.92 Å². The van der Waals surface area contributed by atoms with E-state index in [4.69, 9.17) is 5.11 Å². The summed E-state index contributed by atoms with van der Waals surface area (Å²) < 4.78 is 0. The van der Waals surface area contributed by atoms with Crippen molar-refractivity contribution in [2.75, 3.05) is 24.6 Å². The van der Waals surface area contributed by atoms with Gasteiger partial charge in [0.2, 0.25) is 0 Å². The summed E-state index contributed by atoms with van der Waals surface area (Å²) in [4.78, 5) is 2.15. The van der Waals surface area contributed by atoms with Crippen molar-refractivity contribution in [3.05, 3.63) is 23.8 Å². The molecule has 2 unspecified atom stereocenters. The number of aromatic hydroxyl groups is 1. The number of anilines is 1. The van der Waals surface area contributed by atoms with Crippen LogP contribution in [0.15, 0.2) is 18.2 Å². The molecular weight excluding hydrogens is 218 g/mol. The Morgan fingerprint density at radius 2 is 2.24 bits per heavy atom. The van der Waals surface area contributed by atoms with E-state index in [1.54, 1.807) is 19.1 Å². The molecule has 1 aromatic carbocycles. The van der Waals surface area contributed by atoms with Gasteiger partial charge in [0.05, 0.1) is 6.10 Å². The highest BCUT2D eigenvalue weighted by Gasteiger charge is 2.22. The first-order valence-electron chi connectivity index (χ1n) is 5.98. The lowest BCUT2D eigenvalue weighted by molar-refractivity contribution is 0.195. The van der Waals surface area contributed by atoms with Crippen LogP contribution in [0.1, 0.15) is 25.0 Å². The second-order valence-corrected chi connectivity index (χ2v) is 4.70. The number of aliphatic hydroxyl groups excluding tert-OH is 2. The van der Waals surface area contributed by atoms with E-state index in [0.29, 0.717) is 11.5 Å². The average molecular weight is 237 g/mol. The molecule has 0 amide bonds. The zero-order valence-electron chi connectivity index (χ0n) is 10.0. The first kappa shape index (κ1) is 12.2. The molecule has 2 atom stereocenters. The molecule has 94 valence electrons. The lowest BCUT2D eigenvalue weighted by Gasteiger charge is -2.20. The van der Waals surface area contributed by atoms with E-state index in [0.717, 1.165) is 25.2 Å². The Morgan fingerprint density at radius 1 is 1.47 bits per heavy atom. The predicted octanol–water partition coefficient (Wildman–Crippen LogP) is 1.26. The molecule has 2 rings (SSSR count). The summed E-state index contributed by atoms with van der Waals surface area (Å²) in [5.41, 5.74) is 1.49. The molecule has 0 aromatic heterocycles. The number of hydrogen-bond donors (Lipinski definition) is 3. The summed E-state index contributed by atoms with van der Waals surface area (Å²) in [5.74, 6) is 0.457. The smallest absolute Gasteiger partial charge is 0.123 e. The normalized spacial score (nSPS) is 21.8. The Labute approximate surface area is 101 Å². The average Bonchev–Trinajstić information content (AvgIpc) is 2.76. The van der Waals surface area contributed by atoms with Gasteiger partial charge in [0.1, 0.15) is 5.75 Å². The molecule has 1 aliphatic heterocycles. The lowest BCUT2D eigenvalue weighted by atomic mass is 10.1. The van der Waals surface area contributed by atoms with Gasteiger partial charge in [0.25, 0.3) is 0 Å². The monoisotopic (exact) mass is 237 g/mol. The Hall–Kier alpha value is -1.26. The van der Waals surface area contributed by atoms with Crippen LogP contribution in [-0.4, -0.2) is 35.0 Å². The summed E-state index contributed by atoms with van der Waals surface area (Å²) >= 11 is 0. The van der Waals surface area contributed by atoms with Gasteiger partial charge >= 0.3 is 0 Å². The largest absolute Gasteiger partial charge is 0.507 e. The van der Waals surface area contributed by atoms with Gasteiger partial charge in [0, 0.05) is 42.9 Å². The fourth-order valence-corrected chi connectivity index (χ4v) is 2.30. The Morgan fingerprint density at radius 3 is 2.76 bits per heavy atom. The molecule has 3 N–H and O–H groups in total. The van der Waals surface area contributed by atoms with Gasteiger partial charge in [-0.25, -0.2) is 0 Å². The SMILES string of the molecule is CC(O)c1ccc(N2CCC(CO)C2)cc1O. The minimum Gasteiger partial charge on any atom is -0.507 e. The molecule has 1 aromatic rings. The number of phenols is 1. The van der Waals surface area contributed by atoms with Crippen molar-refractivity contribution in [1.82, 2.24) is 0 Å². The van der Waals surface area contributed by atoms with Crippen molar-refractivity contribution in [3.8, 4) is 5.75 Å². The minimum absolute atomic E-state index is 0.130. The van der Waals surface area contributed by atoms with Crippen LogP contribution in [0, 0.1) is 5.92 Å². The lowest BCUT2D eigenvalue weighted by Crippen LogP contribution is -2.20. The third-order valence-corrected chi connectivity index (χ3v) is 3.37. The van der Waals surface area contributed by atoms with Crippen LogP contribution in [0.2, 0.25) is 0 Å². The zero-order chi connectivity index (χ0) is 12.4. The number of aliphatic hydroxyl groups is 2. The van der Waals surface area contributed by atoms with Gasteiger partial charge in [-0.2, -0.15) is 0 Å². The van der Waals surface area contributed by atoms with E-state index in [2.05, 4.69) is 4.90 Å². The maximum absolute atomic E-state index is 9.81. The van der Waals surface area contributed by atoms with Gasteiger partial charge in [-0.1, -0.05) is 6.07 Å². The number of hydrogen-bond acceptors (Lipinski definition) is 4. The topological polar surface area (TPSA) is 63.9 Å². The van der Waals surface area contributed by atoms with Gasteiger partial charge in [-0.3, -0.25) is 0 Å². The van der Waals surface area contributed by atoms with Crippen molar-refractivity contribution in [1.29, 1.82) is 0 Å². The Kier molecular flexibility index (Phi) is 3.54. The summed E-state index contributed by atoms with van der Waals surface area (Å²) in [6.07, 6.45) is 0.322. The van der Waals surface area contributed by atoms with E-state index < -0.39 is 6.10 Å². The Bertz CT molecular complexity index is 392. The molecule has 0 bridgehead atoms. The molecule has 4 nitrogen and oxygen atoms in total. The quantitative estimate of drug-likeness (QED) is 0.740. The fraction of sp³-hybridized carbons (Fsp3) is 0.538. The van der Waals surface area contributed by atoms with Crippen LogP contribution in [0.5, 0.6) is 5.75 Å². The second kappa shape index (κ2) is 4.94. The third kappa shape index (κ3) is 2.53. The van der Waals surface area contributed by atoms with Crippen LogP contribution in [0.3, 0.4) is 0 Å². The molecule has 1 aliphatic rings. The highest BCUT2D eigenvalue weighted by atomic mass is 16.3. The number of benzene rings is 1. The van der Waals surface area contributed by atoms with Gasteiger partial charge in [-0.15, -0.1) is 0 Å². The minimum atomic E-state index is -0.659. The molecule has 0 aliphatic carbocycles. The highest BCUT2D eigenvalue weighted by Crippen LogP contribution is 2.31. The molecule has 0 radical (unpaired) electrons. The maximum Gasteiger partial charge on any atom is 0.123 e. The number of rotatable bonds is 3. The van der Waals surface area contributed by atoms with Crippen LogP contribution >= 0.6 is 0 Å². The molecule has 4 heteroatoms.